The summed E-state index contributed by atoms with van der Waals surface area (Å²) in [5, 5.41) is 3.18. The summed E-state index contributed by atoms with van der Waals surface area (Å²) >= 11 is 1.80. The SMILES string of the molecule is CN(Cc1ccc(OCC[C@H]2CCCCN2C(=O)c2ccc3ccccc3n2)cc1)Cc1cccs1. The number of benzene rings is 2. The maximum absolute atomic E-state index is 13.3. The number of hydrogen-bond donors (Lipinski definition) is 0. The van der Waals surface area contributed by atoms with Crippen molar-refractivity contribution in [3.63, 3.8) is 0 Å². The molecule has 0 unspecified atom stereocenters. The van der Waals surface area contributed by atoms with E-state index in [-0.39, 0.29) is 11.9 Å². The number of pyridine rings is 1. The van der Waals surface area contributed by atoms with E-state index in [1.807, 2.05) is 41.3 Å². The summed E-state index contributed by atoms with van der Waals surface area (Å²) in [6, 6.07) is 24.6. The molecule has 0 aliphatic carbocycles. The number of carbonyl (C=O) groups excluding carboxylic acids is 1. The Labute approximate surface area is 217 Å². The van der Waals surface area contributed by atoms with Crippen LogP contribution in [0.15, 0.2) is 78.2 Å². The van der Waals surface area contributed by atoms with Crippen LogP contribution in [0, 0.1) is 0 Å². The van der Waals surface area contributed by atoms with Gasteiger partial charge in [0.2, 0.25) is 0 Å². The van der Waals surface area contributed by atoms with Gasteiger partial charge in [0.05, 0.1) is 12.1 Å². The smallest absolute Gasteiger partial charge is 0.272 e. The van der Waals surface area contributed by atoms with E-state index in [9.17, 15) is 4.79 Å². The molecular weight excluding hydrogens is 466 g/mol. The first-order valence-corrected chi connectivity index (χ1v) is 13.6. The molecule has 0 N–H and O–H groups in total. The topological polar surface area (TPSA) is 45.7 Å². The zero-order valence-electron chi connectivity index (χ0n) is 20.8. The van der Waals surface area contributed by atoms with Crippen LogP contribution in [-0.2, 0) is 13.1 Å². The molecule has 5 rings (SSSR count). The highest BCUT2D eigenvalue weighted by Gasteiger charge is 2.28. The summed E-state index contributed by atoms with van der Waals surface area (Å²) in [6.07, 6.45) is 4.02. The van der Waals surface area contributed by atoms with Crippen LogP contribution in [0.5, 0.6) is 5.75 Å². The van der Waals surface area contributed by atoms with Gasteiger partial charge in [0.1, 0.15) is 11.4 Å². The number of piperidine rings is 1. The van der Waals surface area contributed by atoms with E-state index in [0.29, 0.717) is 12.3 Å². The molecule has 186 valence electrons. The number of para-hydroxylation sites is 1. The van der Waals surface area contributed by atoms with Gasteiger partial charge in [-0.1, -0.05) is 42.5 Å². The number of hydrogen-bond acceptors (Lipinski definition) is 5. The van der Waals surface area contributed by atoms with Crippen LogP contribution in [0.2, 0.25) is 0 Å². The average Bonchev–Trinajstić information content (AvgIpc) is 3.42. The van der Waals surface area contributed by atoms with E-state index in [1.54, 1.807) is 11.3 Å². The van der Waals surface area contributed by atoms with Gasteiger partial charge in [-0.3, -0.25) is 9.69 Å². The number of aromatic nitrogens is 1. The molecule has 3 heterocycles. The minimum atomic E-state index is 0.0291. The largest absolute Gasteiger partial charge is 0.494 e. The summed E-state index contributed by atoms with van der Waals surface area (Å²) in [5.41, 5.74) is 2.66. The zero-order chi connectivity index (χ0) is 24.7. The summed E-state index contributed by atoms with van der Waals surface area (Å²) in [5.74, 6) is 0.908. The second kappa shape index (κ2) is 11.7. The maximum Gasteiger partial charge on any atom is 0.272 e. The fourth-order valence-corrected chi connectivity index (χ4v) is 5.72. The minimum absolute atomic E-state index is 0.0291. The van der Waals surface area contributed by atoms with E-state index in [0.717, 1.165) is 62.0 Å². The number of nitrogens with zero attached hydrogens (tertiary/aromatic N) is 3. The molecule has 1 aliphatic heterocycles. The normalized spacial score (nSPS) is 15.9. The molecule has 0 spiro atoms. The van der Waals surface area contributed by atoms with Crippen molar-refractivity contribution in [1.82, 2.24) is 14.8 Å². The van der Waals surface area contributed by atoms with Gasteiger partial charge in [-0.15, -0.1) is 11.3 Å². The molecule has 1 atom stereocenters. The number of rotatable bonds is 9. The van der Waals surface area contributed by atoms with E-state index in [1.165, 1.54) is 10.4 Å². The summed E-state index contributed by atoms with van der Waals surface area (Å²) in [4.78, 5) is 23.7. The van der Waals surface area contributed by atoms with Gasteiger partial charge < -0.3 is 9.64 Å². The number of thiophene rings is 1. The van der Waals surface area contributed by atoms with Crippen molar-refractivity contribution in [1.29, 1.82) is 0 Å². The van der Waals surface area contributed by atoms with Gasteiger partial charge in [-0.05, 0) is 67.6 Å². The van der Waals surface area contributed by atoms with Gasteiger partial charge in [-0.2, -0.15) is 0 Å². The van der Waals surface area contributed by atoms with Crippen LogP contribution >= 0.6 is 11.3 Å². The van der Waals surface area contributed by atoms with Gasteiger partial charge in [-0.25, -0.2) is 4.98 Å². The lowest BCUT2D eigenvalue weighted by Gasteiger charge is -2.35. The van der Waals surface area contributed by atoms with Crippen LogP contribution in [0.3, 0.4) is 0 Å². The predicted molar refractivity (Wildman–Crippen MR) is 146 cm³/mol. The number of amides is 1. The monoisotopic (exact) mass is 499 g/mol. The highest BCUT2D eigenvalue weighted by atomic mass is 32.1. The van der Waals surface area contributed by atoms with Crippen molar-refractivity contribution in [3.8, 4) is 5.75 Å². The van der Waals surface area contributed by atoms with Crippen LogP contribution < -0.4 is 4.74 Å². The first-order valence-electron chi connectivity index (χ1n) is 12.8. The van der Waals surface area contributed by atoms with Crippen LogP contribution in [0.1, 0.15) is 46.6 Å². The molecule has 2 aromatic carbocycles. The Bertz CT molecular complexity index is 1270. The molecule has 36 heavy (non-hydrogen) atoms. The van der Waals surface area contributed by atoms with Crippen LogP contribution in [-0.4, -0.2) is 46.9 Å². The number of carbonyl (C=O) groups is 1. The lowest BCUT2D eigenvalue weighted by molar-refractivity contribution is 0.0575. The molecular formula is C30H33N3O2S. The molecule has 0 saturated carbocycles. The molecule has 0 radical (unpaired) electrons. The highest BCUT2D eigenvalue weighted by molar-refractivity contribution is 7.09. The standard InChI is InChI=1S/C30H33N3O2S/c1-32(22-27-9-6-20-36-27)21-23-11-14-26(15-12-23)35-19-17-25-8-4-5-18-33(25)30(34)29-16-13-24-7-2-3-10-28(24)31-29/h2-3,6-7,9-16,20,25H,4-5,8,17-19,21-22H2,1H3/t25-/m1/s1. The van der Waals surface area contributed by atoms with Crippen molar-refractivity contribution in [3.05, 3.63) is 94.3 Å². The minimum Gasteiger partial charge on any atom is -0.494 e. The van der Waals surface area contributed by atoms with Crippen molar-refractivity contribution < 1.29 is 9.53 Å². The van der Waals surface area contributed by atoms with E-state index < -0.39 is 0 Å². The zero-order valence-corrected chi connectivity index (χ0v) is 21.6. The lowest BCUT2D eigenvalue weighted by Crippen LogP contribution is -2.44. The Morgan fingerprint density at radius 2 is 1.89 bits per heavy atom. The second-order valence-corrected chi connectivity index (χ2v) is 10.6. The molecule has 5 nitrogen and oxygen atoms in total. The van der Waals surface area contributed by atoms with E-state index in [2.05, 4.69) is 58.7 Å². The first kappa shape index (κ1) is 24.5. The fraction of sp³-hybridized carbons (Fsp3) is 0.333. The number of fused-ring (bicyclic) bond motifs is 1. The van der Waals surface area contributed by atoms with Gasteiger partial charge >= 0.3 is 0 Å². The number of ether oxygens (including phenoxy) is 1. The Hall–Kier alpha value is -3.22. The first-order chi connectivity index (χ1) is 17.7. The molecule has 2 aromatic heterocycles. The third-order valence-electron chi connectivity index (χ3n) is 6.81. The Balaban J connectivity index is 1.14. The van der Waals surface area contributed by atoms with E-state index in [4.69, 9.17) is 4.74 Å². The van der Waals surface area contributed by atoms with Crippen LogP contribution in [0.25, 0.3) is 10.9 Å². The van der Waals surface area contributed by atoms with Crippen molar-refractivity contribution in [2.24, 2.45) is 0 Å². The predicted octanol–water partition coefficient (Wildman–Crippen LogP) is 6.39. The fourth-order valence-electron chi connectivity index (χ4n) is 4.94. The van der Waals surface area contributed by atoms with Gasteiger partial charge in [0.25, 0.3) is 5.91 Å². The molecule has 6 heteroatoms. The molecule has 4 aromatic rings. The molecule has 1 aliphatic rings. The number of likely N-dealkylation sites (tertiary alicyclic amines) is 1. The Morgan fingerprint density at radius 1 is 1.03 bits per heavy atom. The van der Waals surface area contributed by atoms with Gasteiger partial charge in [0, 0.05) is 42.4 Å². The van der Waals surface area contributed by atoms with E-state index >= 15 is 0 Å². The molecule has 0 bridgehead atoms. The summed E-state index contributed by atoms with van der Waals surface area (Å²) < 4.78 is 6.08. The second-order valence-electron chi connectivity index (χ2n) is 9.57. The third-order valence-corrected chi connectivity index (χ3v) is 7.67. The average molecular weight is 500 g/mol. The highest BCUT2D eigenvalue weighted by Crippen LogP contribution is 2.23. The van der Waals surface area contributed by atoms with Crippen LogP contribution in [0.4, 0.5) is 0 Å². The van der Waals surface area contributed by atoms with Crippen molar-refractivity contribution in [2.75, 3.05) is 20.2 Å². The van der Waals surface area contributed by atoms with Crippen molar-refractivity contribution in [2.45, 2.75) is 44.8 Å². The summed E-state index contributed by atoms with van der Waals surface area (Å²) in [6.45, 7) is 3.24. The third kappa shape index (κ3) is 6.12. The van der Waals surface area contributed by atoms with Gasteiger partial charge in [0.15, 0.2) is 0 Å². The maximum atomic E-state index is 13.3. The molecule has 1 saturated heterocycles. The Morgan fingerprint density at radius 3 is 2.72 bits per heavy atom. The molecule has 1 fully saturated rings. The van der Waals surface area contributed by atoms with Crippen molar-refractivity contribution >= 4 is 28.1 Å². The molecule has 1 amide bonds. The quantitative estimate of drug-likeness (QED) is 0.268. The lowest BCUT2D eigenvalue weighted by atomic mass is 9.99. The Kier molecular flexibility index (Phi) is 7.94. The summed E-state index contributed by atoms with van der Waals surface area (Å²) in [7, 11) is 2.15.